The number of alkyl carbamates (subject to hydrolysis) is 1. The molecule has 39 heavy (non-hydrogen) atoms. The number of benzene rings is 2. The topological polar surface area (TPSA) is 184 Å². The lowest BCUT2D eigenvalue weighted by molar-refractivity contribution is -0.282. The van der Waals surface area contributed by atoms with E-state index >= 15 is 0 Å². The van der Waals surface area contributed by atoms with Crippen LogP contribution in [0.5, 0.6) is 0 Å². The van der Waals surface area contributed by atoms with Crippen LogP contribution < -0.4 is 10.6 Å². The number of fused-ring (bicyclic) bond motifs is 3. The molecule has 0 saturated carbocycles. The van der Waals surface area contributed by atoms with Gasteiger partial charge >= 0.3 is 12.1 Å². The molecule has 4 rings (SSSR count). The Morgan fingerprint density at radius 2 is 1.59 bits per heavy atom. The molecule has 0 bridgehead atoms. The van der Waals surface area contributed by atoms with Crippen molar-refractivity contribution in [2.75, 3.05) is 13.2 Å². The fourth-order valence-electron chi connectivity index (χ4n) is 5.02. The SMILES string of the molecule is CC(=O)N[C@H]1[C@H](O[C@H](C)[C@H](NC(=O)OCC2c3ccccc3-c3ccccc32)C(=O)O)O[C@H](CO)[C@@H](O)[C@@H]1O. The summed E-state index contributed by atoms with van der Waals surface area (Å²) in [5.74, 6) is -2.22. The maximum absolute atomic E-state index is 12.7. The van der Waals surface area contributed by atoms with E-state index in [0.29, 0.717) is 0 Å². The van der Waals surface area contributed by atoms with E-state index in [2.05, 4.69) is 10.6 Å². The van der Waals surface area contributed by atoms with Crippen LogP contribution in [0.25, 0.3) is 11.1 Å². The van der Waals surface area contributed by atoms with Gasteiger partial charge in [0.15, 0.2) is 12.3 Å². The molecule has 2 aliphatic rings. The van der Waals surface area contributed by atoms with Crippen molar-refractivity contribution in [2.24, 2.45) is 0 Å². The maximum atomic E-state index is 12.7. The third-order valence-electron chi connectivity index (χ3n) is 6.95. The second-order valence-corrected chi connectivity index (χ2v) is 9.56. The number of ether oxygens (including phenoxy) is 3. The van der Waals surface area contributed by atoms with E-state index in [1.807, 2.05) is 48.5 Å². The summed E-state index contributed by atoms with van der Waals surface area (Å²) < 4.78 is 16.6. The van der Waals surface area contributed by atoms with Gasteiger partial charge in [-0.15, -0.1) is 0 Å². The number of aliphatic carboxylic acids is 1. The van der Waals surface area contributed by atoms with Crippen LogP contribution in [0.1, 0.15) is 30.9 Å². The van der Waals surface area contributed by atoms with Crippen molar-refractivity contribution < 1.29 is 49.0 Å². The highest BCUT2D eigenvalue weighted by Gasteiger charge is 2.47. The summed E-state index contributed by atoms with van der Waals surface area (Å²) in [4.78, 5) is 36.3. The van der Waals surface area contributed by atoms with Gasteiger partial charge in [-0.1, -0.05) is 48.5 Å². The van der Waals surface area contributed by atoms with Crippen LogP contribution in [0.15, 0.2) is 48.5 Å². The third kappa shape index (κ3) is 6.05. The number of hydrogen-bond donors (Lipinski definition) is 6. The van der Waals surface area contributed by atoms with Gasteiger partial charge in [-0.2, -0.15) is 0 Å². The summed E-state index contributed by atoms with van der Waals surface area (Å²) in [5.41, 5.74) is 4.08. The van der Waals surface area contributed by atoms with E-state index in [9.17, 15) is 34.8 Å². The average molecular weight is 545 g/mol. The van der Waals surface area contributed by atoms with Gasteiger partial charge in [-0.3, -0.25) is 4.79 Å². The van der Waals surface area contributed by atoms with E-state index in [4.69, 9.17) is 14.2 Å². The van der Waals surface area contributed by atoms with E-state index in [0.717, 1.165) is 22.3 Å². The second kappa shape index (κ2) is 12.1. The molecule has 7 atom stereocenters. The van der Waals surface area contributed by atoms with E-state index in [1.54, 1.807) is 0 Å². The predicted octanol–water partition coefficient (Wildman–Crippen LogP) is 0.327. The molecular weight excluding hydrogens is 512 g/mol. The first kappa shape index (κ1) is 28.5. The Bertz CT molecular complexity index is 1160. The summed E-state index contributed by atoms with van der Waals surface area (Å²) in [5, 5.41) is 44.5. The van der Waals surface area contributed by atoms with Gasteiger partial charge in [0.05, 0.1) is 12.7 Å². The molecule has 0 unspecified atom stereocenters. The Labute approximate surface area is 224 Å². The molecule has 1 aliphatic carbocycles. The van der Waals surface area contributed by atoms with Crippen LogP contribution in [-0.2, 0) is 23.8 Å². The van der Waals surface area contributed by atoms with Crippen molar-refractivity contribution in [3.05, 3.63) is 59.7 Å². The summed E-state index contributed by atoms with van der Waals surface area (Å²) >= 11 is 0. The van der Waals surface area contributed by atoms with Gasteiger partial charge in [0, 0.05) is 12.8 Å². The third-order valence-corrected chi connectivity index (χ3v) is 6.95. The lowest BCUT2D eigenvalue weighted by atomic mass is 9.96. The second-order valence-electron chi connectivity index (χ2n) is 9.56. The summed E-state index contributed by atoms with van der Waals surface area (Å²) in [6, 6.07) is 12.7. The highest BCUT2D eigenvalue weighted by atomic mass is 16.7. The Balaban J connectivity index is 1.42. The van der Waals surface area contributed by atoms with E-state index < -0.39 is 67.4 Å². The Morgan fingerprint density at radius 1 is 1.00 bits per heavy atom. The molecule has 6 N–H and O–H groups in total. The summed E-state index contributed by atoms with van der Waals surface area (Å²) in [6.07, 6.45) is -8.02. The lowest BCUT2D eigenvalue weighted by Gasteiger charge is -2.43. The molecule has 12 heteroatoms. The zero-order valence-electron chi connectivity index (χ0n) is 21.4. The van der Waals surface area contributed by atoms with Crippen LogP contribution in [0.4, 0.5) is 4.79 Å². The van der Waals surface area contributed by atoms with Gasteiger partial charge in [-0.25, -0.2) is 9.59 Å². The maximum Gasteiger partial charge on any atom is 0.407 e. The smallest absolute Gasteiger partial charge is 0.407 e. The molecule has 12 nitrogen and oxygen atoms in total. The molecule has 1 aliphatic heterocycles. The Hall–Kier alpha value is -3.55. The molecule has 1 fully saturated rings. The first-order valence-corrected chi connectivity index (χ1v) is 12.5. The van der Waals surface area contributed by atoms with Crippen LogP contribution in [-0.4, -0.2) is 94.4 Å². The first-order valence-electron chi connectivity index (χ1n) is 12.5. The fraction of sp³-hybridized carbons (Fsp3) is 0.444. The van der Waals surface area contributed by atoms with Crippen molar-refractivity contribution in [3.63, 3.8) is 0 Å². The van der Waals surface area contributed by atoms with Gasteiger partial charge in [0.1, 0.15) is 31.0 Å². The molecule has 0 spiro atoms. The number of nitrogens with one attached hydrogen (secondary N) is 2. The largest absolute Gasteiger partial charge is 0.480 e. The number of rotatable bonds is 9. The number of amides is 2. The Morgan fingerprint density at radius 3 is 2.13 bits per heavy atom. The van der Waals surface area contributed by atoms with Crippen LogP contribution in [0, 0.1) is 0 Å². The molecule has 1 saturated heterocycles. The number of aliphatic hydroxyl groups excluding tert-OH is 3. The predicted molar refractivity (Wildman–Crippen MR) is 136 cm³/mol. The highest BCUT2D eigenvalue weighted by molar-refractivity contribution is 5.81. The fourth-order valence-corrected chi connectivity index (χ4v) is 5.02. The van der Waals surface area contributed by atoms with Crippen LogP contribution >= 0.6 is 0 Å². The molecule has 2 aromatic rings. The molecular formula is C27H32N2O10. The zero-order chi connectivity index (χ0) is 28.3. The van der Waals surface area contributed by atoms with Crippen molar-refractivity contribution in [2.45, 2.75) is 62.6 Å². The van der Waals surface area contributed by atoms with Crippen molar-refractivity contribution >= 4 is 18.0 Å². The van der Waals surface area contributed by atoms with Crippen molar-refractivity contribution in [1.29, 1.82) is 0 Å². The van der Waals surface area contributed by atoms with E-state index in [-0.39, 0.29) is 12.5 Å². The van der Waals surface area contributed by atoms with Crippen LogP contribution in [0.3, 0.4) is 0 Å². The normalized spacial score (nSPS) is 25.6. The van der Waals surface area contributed by atoms with E-state index in [1.165, 1.54) is 13.8 Å². The standard InChI is InChI=1S/C27H32N2O10/c1-13(38-26-22(28-14(2)31)24(33)23(32)20(11-30)39-26)21(25(34)35)29-27(36)37-12-19-17-9-5-3-7-15(17)16-8-4-6-10-18(16)19/h3-10,13,19-24,26,30,32-33H,11-12H2,1-2H3,(H,28,31)(H,29,36)(H,34,35)/t13-,20-,21+,22-,23-,24-,26-/m1/s1. The summed E-state index contributed by atoms with van der Waals surface area (Å²) in [6.45, 7) is 1.83. The minimum Gasteiger partial charge on any atom is -0.480 e. The quantitative estimate of drug-likeness (QED) is 0.257. The number of carbonyl (C=O) groups is 3. The average Bonchev–Trinajstić information content (AvgIpc) is 3.23. The Kier molecular flexibility index (Phi) is 8.83. The first-order chi connectivity index (χ1) is 18.6. The van der Waals surface area contributed by atoms with Crippen molar-refractivity contribution in [1.82, 2.24) is 10.6 Å². The van der Waals surface area contributed by atoms with Crippen molar-refractivity contribution in [3.8, 4) is 11.1 Å². The minimum absolute atomic E-state index is 0.0277. The van der Waals surface area contributed by atoms with Gasteiger partial charge in [-0.05, 0) is 29.2 Å². The number of aliphatic hydroxyl groups is 3. The summed E-state index contributed by atoms with van der Waals surface area (Å²) in [7, 11) is 0. The van der Waals surface area contributed by atoms with Gasteiger partial charge in [0.25, 0.3) is 0 Å². The number of hydrogen-bond acceptors (Lipinski definition) is 9. The molecule has 210 valence electrons. The molecule has 1 heterocycles. The van der Waals surface area contributed by atoms with Gasteiger partial charge in [0.2, 0.25) is 5.91 Å². The zero-order valence-corrected chi connectivity index (χ0v) is 21.4. The molecule has 2 aromatic carbocycles. The molecule has 0 radical (unpaired) electrons. The molecule has 0 aromatic heterocycles. The highest BCUT2D eigenvalue weighted by Crippen LogP contribution is 2.44. The number of carboxylic acid groups (broad SMARTS) is 1. The lowest BCUT2D eigenvalue weighted by Crippen LogP contribution is -2.65. The number of carboxylic acids is 1. The molecule has 2 amide bonds. The minimum atomic E-state index is -1.60. The van der Waals surface area contributed by atoms with Crippen LogP contribution in [0.2, 0.25) is 0 Å². The van der Waals surface area contributed by atoms with Gasteiger partial charge < -0.3 is 45.3 Å². The number of carbonyl (C=O) groups excluding carboxylic acids is 2. The monoisotopic (exact) mass is 544 g/mol.